The molecule has 0 bridgehead atoms. The van der Waals surface area contributed by atoms with E-state index >= 15 is 4.39 Å². The van der Waals surface area contributed by atoms with Gasteiger partial charge in [0.25, 0.3) is 0 Å². The average molecular weight is 549 g/mol. The van der Waals surface area contributed by atoms with Crippen molar-refractivity contribution in [2.75, 3.05) is 50.9 Å². The van der Waals surface area contributed by atoms with Gasteiger partial charge in [-0.2, -0.15) is 5.26 Å². The molecule has 1 aromatic carbocycles. The predicted molar refractivity (Wildman–Crippen MR) is 145 cm³/mol. The van der Waals surface area contributed by atoms with E-state index in [2.05, 4.69) is 38.8 Å². The monoisotopic (exact) mass is 548 g/mol. The van der Waals surface area contributed by atoms with E-state index in [1.54, 1.807) is 6.20 Å². The number of ether oxygens (including phenoxy) is 1. The maximum atomic E-state index is 16.5. The minimum Gasteiger partial charge on any atom is -0.389 e. The number of hydrogen-bond acceptors (Lipinski definition) is 10. The van der Waals surface area contributed by atoms with Gasteiger partial charge in [-0.25, -0.2) is 18.7 Å². The summed E-state index contributed by atoms with van der Waals surface area (Å²) >= 11 is 0.959. The van der Waals surface area contributed by atoms with Crippen LogP contribution in [0.1, 0.15) is 23.1 Å². The molecule has 2 saturated heterocycles. The van der Waals surface area contributed by atoms with E-state index in [0.29, 0.717) is 29.0 Å². The van der Waals surface area contributed by atoms with Crippen molar-refractivity contribution in [2.24, 2.45) is 0 Å². The van der Waals surface area contributed by atoms with E-state index in [9.17, 15) is 9.65 Å². The Morgan fingerprint density at radius 1 is 1.15 bits per heavy atom. The van der Waals surface area contributed by atoms with Crippen LogP contribution in [0.25, 0.3) is 32.2 Å². The van der Waals surface area contributed by atoms with Gasteiger partial charge in [0.05, 0.1) is 35.4 Å². The third kappa shape index (κ3) is 3.68. The molecule has 6 heterocycles. The second-order valence-corrected chi connectivity index (χ2v) is 11.7. The number of likely N-dealkylation sites (tertiary alicyclic amines) is 1. The van der Waals surface area contributed by atoms with Crippen LogP contribution in [-0.4, -0.2) is 77.1 Å². The lowest BCUT2D eigenvalue weighted by molar-refractivity contribution is 0.0342. The lowest BCUT2D eigenvalue weighted by atomic mass is 9.94. The average Bonchev–Trinajstić information content (AvgIpc) is 3.63. The number of pyridine rings is 1. The number of rotatable bonds is 4. The number of nitrogen functional groups attached to an aromatic ring is 1. The zero-order chi connectivity index (χ0) is 27.0. The van der Waals surface area contributed by atoms with Crippen molar-refractivity contribution in [1.29, 1.82) is 5.26 Å². The van der Waals surface area contributed by atoms with Crippen LogP contribution in [0.15, 0.2) is 12.4 Å². The highest BCUT2D eigenvalue weighted by Crippen LogP contribution is 2.45. The Kier molecular flexibility index (Phi) is 5.68. The summed E-state index contributed by atoms with van der Waals surface area (Å²) in [6, 6.07) is 3.04. The first-order valence-corrected chi connectivity index (χ1v) is 13.7. The van der Waals surface area contributed by atoms with Crippen molar-refractivity contribution >= 4 is 43.3 Å². The highest BCUT2D eigenvalue weighted by molar-refractivity contribution is 7.23. The van der Waals surface area contributed by atoms with Gasteiger partial charge in [0.1, 0.15) is 16.6 Å². The van der Waals surface area contributed by atoms with Crippen molar-refractivity contribution in [3.05, 3.63) is 40.7 Å². The second kappa shape index (κ2) is 9.02. The van der Waals surface area contributed by atoms with Gasteiger partial charge >= 0.3 is 0 Å². The number of nitrogens with two attached hydrogens (primary N) is 1. The van der Waals surface area contributed by atoms with Crippen LogP contribution >= 0.6 is 11.3 Å². The molecular weight excluding hydrogens is 522 g/mol. The van der Waals surface area contributed by atoms with E-state index < -0.39 is 11.6 Å². The number of thiophene rings is 1. The van der Waals surface area contributed by atoms with E-state index in [4.69, 9.17) is 15.5 Å². The van der Waals surface area contributed by atoms with Gasteiger partial charge in [0.15, 0.2) is 11.6 Å². The van der Waals surface area contributed by atoms with Crippen molar-refractivity contribution < 1.29 is 13.5 Å². The first kappa shape index (κ1) is 24.5. The number of fused-ring (bicyclic) bond motifs is 4. The highest BCUT2D eigenvalue weighted by Gasteiger charge is 2.38. The summed E-state index contributed by atoms with van der Waals surface area (Å²) in [6.07, 6.45) is 3.72. The summed E-state index contributed by atoms with van der Waals surface area (Å²) in [6.45, 7) is 4.11. The molecule has 3 aromatic heterocycles. The van der Waals surface area contributed by atoms with Crippen molar-refractivity contribution in [2.45, 2.75) is 31.7 Å². The third-order valence-corrected chi connectivity index (χ3v) is 9.34. The Labute approximate surface area is 227 Å². The molecule has 3 aliphatic rings. The normalized spacial score (nSPS) is 19.8. The molecule has 200 valence electrons. The summed E-state index contributed by atoms with van der Waals surface area (Å²) in [7, 11) is 4.22. The molecule has 0 amide bonds. The lowest BCUT2D eigenvalue weighted by Crippen LogP contribution is -2.61. The molecule has 2 fully saturated rings. The molecule has 1 atom stereocenters. The topological polar surface area (TPSA) is 107 Å². The Balaban J connectivity index is 1.32. The molecule has 0 unspecified atom stereocenters. The number of halogens is 2. The molecule has 4 aromatic rings. The van der Waals surface area contributed by atoms with Crippen LogP contribution in [0.5, 0.6) is 0 Å². The second-order valence-electron chi connectivity index (χ2n) is 10.6. The van der Waals surface area contributed by atoms with Crippen LogP contribution in [0.2, 0.25) is 0 Å². The minimum atomic E-state index is -0.603. The zero-order valence-corrected chi connectivity index (χ0v) is 22.4. The molecule has 0 radical (unpaired) electrons. The summed E-state index contributed by atoms with van der Waals surface area (Å²) in [5.41, 5.74) is 8.03. The van der Waals surface area contributed by atoms with Gasteiger partial charge in [-0.1, -0.05) is 0 Å². The van der Waals surface area contributed by atoms with E-state index in [1.807, 2.05) is 6.07 Å². The first-order chi connectivity index (χ1) is 18.9. The van der Waals surface area contributed by atoms with Gasteiger partial charge < -0.3 is 20.3 Å². The SMILES string of the molecule is CN(C)C1CN([C@@H]2CCN(c3ncc4c5c(c(-c6ncc(F)c7sc(N)c(C#N)c67)c(F)c4n3)COC5)C2)C1. The van der Waals surface area contributed by atoms with Crippen molar-refractivity contribution in [3.8, 4) is 17.3 Å². The number of aromatic nitrogens is 3. The maximum absolute atomic E-state index is 16.5. The number of likely N-dealkylation sites (N-methyl/N-ethyl adjacent to an activating group) is 1. The van der Waals surface area contributed by atoms with Gasteiger partial charge in [-0.15, -0.1) is 11.3 Å². The van der Waals surface area contributed by atoms with Gasteiger partial charge in [0, 0.05) is 60.8 Å². The number of hydrogen-bond donors (Lipinski definition) is 1. The predicted octanol–water partition coefficient (Wildman–Crippen LogP) is 3.49. The van der Waals surface area contributed by atoms with Gasteiger partial charge in [-0.3, -0.25) is 9.88 Å². The molecule has 0 saturated carbocycles. The van der Waals surface area contributed by atoms with Crippen molar-refractivity contribution in [1.82, 2.24) is 24.8 Å². The molecule has 0 aliphatic carbocycles. The smallest absolute Gasteiger partial charge is 0.226 e. The zero-order valence-electron chi connectivity index (χ0n) is 21.5. The first-order valence-electron chi connectivity index (χ1n) is 12.9. The quantitative estimate of drug-likeness (QED) is 0.410. The molecule has 2 N–H and O–H groups in total. The molecule has 12 heteroatoms. The van der Waals surface area contributed by atoms with Crippen LogP contribution < -0.4 is 10.6 Å². The summed E-state index contributed by atoms with van der Waals surface area (Å²) in [5.74, 6) is -0.708. The van der Waals surface area contributed by atoms with E-state index in [-0.39, 0.29) is 50.6 Å². The molecule has 7 rings (SSSR count). The molecule has 0 spiro atoms. The third-order valence-electron chi connectivity index (χ3n) is 8.32. The molecule has 9 nitrogen and oxygen atoms in total. The highest BCUT2D eigenvalue weighted by atomic mass is 32.1. The Morgan fingerprint density at radius 2 is 1.95 bits per heavy atom. The van der Waals surface area contributed by atoms with Crippen LogP contribution in [-0.2, 0) is 18.0 Å². The Morgan fingerprint density at radius 3 is 2.72 bits per heavy atom. The van der Waals surface area contributed by atoms with Gasteiger partial charge in [-0.05, 0) is 31.6 Å². The lowest BCUT2D eigenvalue weighted by Gasteiger charge is -2.46. The van der Waals surface area contributed by atoms with Crippen molar-refractivity contribution in [3.63, 3.8) is 0 Å². The van der Waals surface area contributed by atoms with Crippen LogP contribution in [0, 0.1) is 23.0 Å². The molecule has 39 heavy (non-hydrogen) atoms. The number of anilines is 2. The fraction of sp³-hybridized carbons (Fsp3) is 0.407. The maximum Gasteiger partial charge on any atom is 0.226 e. The Hall–Kier alpha value is -3.50. The van der Waals surface area contributed by atoms with Gasteiger partial charge in [0.2, 0.25) is 5.95 Å². The summed E-state index contributed by atoms with van der Waals surface area (Å²) in [4.78, 5) is 20.5. The van der Waals surface area contributed by atoms with E-state index in [1.165, 1.54) is 0 Å². The largest absolute Gasteiger partial charge is 0.389 e. The summed E-state index contributed by atoms with van der Waals surface area (Å²) in [5, 5.41) is 10.7. The fourth-order valence-electron chi connectivity index (χ4n) is 6.03. The Bertz CT molecular complexity index is 1690. The van der Waals surface area contributed by atoms with E-state index in [0.717, 1.165) is 55.7 Å². The van der Waals surface area contributed by atoms with Crippen LogP contribution in [0.3, 0.4) is 0 Å². The standard InChI is InChI=1S/C27H26F2N8OS/c1-35(2)14-9-37(10-14)13-3-4-36(8-13)27-33-6-16-17-11-38-12-18(17)20(22(29)23(16)34-27)24-21-15(5-30)26(31)39-25(21)19(28)7-32-24/h6-7,13-14H,3-4,8-12,31H2,1-2H3/t13-/m1/s1. The fourth-order valence-corrected chi connectivity index (χ4v) is 6.95. The molecule has 3 aliphatic heterocycles. The number of nitriles is 1. The molecular formula is C27H26F2N8OS. The number of nitrogens with zero attached hydrogens (tertiary/aromatic N) is 7. The minimum absolute atomic E-state index is 0.0955. The number of benzene rings is 1. The summed E-state index contributed by atoms with van der Waals surface area (Å²) < 4.78 is 37.1. The van der Waals surface area contributed by atoms with Crippen LogP contribution in [0.4, 0.5) is 19.7 Å².